The van der Waals surface area contributed by atoms with Crippen molar-refractivity contribution in [3.05, 3.63) is 6.92 Å². The molecule has 0 aliphatic rings. The van der Waals surface area contributed by atoms with Gasteiger partial charge in [-0.15, -0.1) is 0 Å². The summed E-state index contributed by atoms with van der Waals surface area (Å²) in [6, 6.07) is 0. The summed E-state index contributed by atoms with van der Waals surface area (Å²) in [5, 5.41) is 2.63. The highest BCUT2D eigenvalue weighted by Gasteiger charge is 1.94. The zero-order valence-electron chi connectivity index (χ0n) is 5.94. The van der Waals surface area contributed by atoms with Gasteiger partial charge < -0.3 is 5.32 Å². The van der Waals surface area contributed by atoms with Crippen LogP contribution in [0.25, 0.3) is 0 Å². The average molecular weight is 128 g/mol. The molecule has 0 spiro atoms. The number of unbranched alkanes of at least 4 members (excludes halogenated alkanes) is 1. The Morgan fingerprint density at radius 3 is 2.78 bits per heavy atom. The zero-order valence-corrected chi connectivity index (χ0v) is 5.94. The molecular weight excluding hydrogens is 114 g/mol. The normalized spacial score (nSPS) is 9.11. The van der Waals surface area contributed by atoms with E-state index in [0.717, 1.165) is 12.8 Å². The van der Waals surface area contributed by atoms with Gasteiger partial charge in [-0.05, 0) is 13.3 Å². The van der Waals surface area contributed by atoms with E-state index in [2.05, 4.69) is 19.2 Å². The molecule has 1 amide bonds. The van der Waals surface area contributed by atoms with Crippen LogP contribution in [0.4, 0.5) is 0 Å². The van der Waals surface area contributed by atoms with E-state index in [-0.39, 0.29) is 5.91 Å². The van der Waals surface area contributed by atoms with Crippen LogP contribution in [0.1, 0.15) is 26.2 Å². The van der Waals surface area contributed by atoms with Crippen molar-refractivity contribution >= 4 is 5.91 Å². The highest BCUT2D eigenvalue weighted by atomic mass is 16.1. The molecule has 0 aliphatic carbocycles. The second kappa shape index (κ2) is 5.60. The predicted molar refractivity (Wildman–Crippen MR) is 37.9 cm³/mol. The Labute approximate surface area is 56.6 Å². The second-order valence-electron chi connectivity index (χ2n) is 1.95. The summed E-state index contributed by atoms with van der Waals surface area (Å²) < 4.78 is 0. The van der Waals surface area contributed by atoms with E-state index in [0.29, 0.717) is 13.0 Å². The number of nitrogens with one attached hydrogen (secondary N) is 1. The lowest BCUT2D eigenvalue weighted by Crippen LogP contribution is -2.22. The van der Waals surface area contributed by atoms with Crippen LogP contribution in [-0.4, -0.2) is 12.5 Å². The van der Waals surface area contributed by atoms with Crippen LogP contribution < -0.4 is 5.32 Å². The quantitative estimate of drug-likeness (QED) is 0.604. The molecule has 2 nitrogen and oxygen atoms in total. The summed E-state index contributed by atoms with van der Waals surface area (Å²) in [5.74, 6) is 0.117. The summed E-state index contributed by atoms with van der Waals surface area (Å²) in [7, 11) is 0. The largest absolute Gasteiger partial charge is 0.356 e. The van der Waals surface area contributed by atoms with Crippen molar-refractivity contribution in [1.82, 2.24) is 5.32 Å². The summed E-state index contributed by atoms with van der Waals surface area (Å²) in [6.45, 7) is 6.07. The summed E-state index contributed by atoms with van der Waals surface area (Å²) in [4.78, 5) is 10.7. The molecule has 2 heteroatoms. The van der Waals surface area contributed by atoms with Crippen molar-refractivity contribution < 1.29 is 4.79 Å². The SMILES string of the molecule is [CH2]CNC(=O)CCCC. The van der Waals surface area contributed by atoms with E-state index in [9.17, 15) is 4.79 Å². The Kier molecular flexibility index (Phi) is 5.27. The molecule has 0 rings (SSSR count). The lowest BCUT2D eigenvalue weighted by Gasteiger charge is -1.98. The number of rotatable bonds is 4. The number of amides is 1. The summed E-state index contributed by atoms with van der Waals surface area (Å²) >= 11 is 0. The minimum atomic E-state index is 0.117. The predicted octanol–water partition coefficient (Wildman–Crippen LogP) is 1.13. The third-order valence-corrected chi connectivity index (χ3v) is 1.08. The zero-order chi connectivity index (χ0) is 7.11. The molecule has 0 aromatic heterocycles. The van der Waals surface area contributed by atoms with E-state index in [1.54, 1.807) is 0 Å². The van der Waals surface area contributed by atoms with Crippen LogP contribution in [0.2, 0.25) is 0 Å². The standard InChI is InChI=1S/C7H14NO/c1-3-5-6-7(9)8-4-2/h2-6H2,1H3,(H,8,9). The smallest absolute Gasteiger partial charge is 0.219 e. The molecule has 0 aromatic rings. The number of hydrogen-bond donors (Lipinski definition) is 1. The van der Waals surface area contributed by atoms with Gasteiger partial charge >= 0.3 is 0 Å². The maximum atomic E-state index is 10.7. The lowest BCUT2D eigenvalue weighted by atomic mass is 10.2. The third-order valence-electron chi connectivity index (χ3n) is 1.08. The van der Waals surface area contributed by atoms with Gasteiger partial charge in [0.1, 0.15) is 0 Å². The molecule has 0 fully saturated rings. The Bertz CT molecular complexity index is 81.0. The van der Waals surface area contributed by atoms with Crippen molar-refractivity contribution in [1.29, 1.82) is 0 Å². The Morgan fingerprint density at radius 1 is 1.67 bits per heavy atom. The Morgan fingerprint density at radius 2 is 2.33 bits per heavy atom. The van der Waals surface area contributed by atoms with Gasteiger partial charge in [0, 0.05) is 13.0 Å². The van der Waals surface area contributed by atoms with Gasteiger partial charge in [-0.3, -0.25) is 4.79 Å². The molecule has 1 radical (unpaired) electrons. The molecule has 1 N–H and O–H groups in total. The fraction of sp³-hybridized carbons (Fsp3) is 0.714. The van der Waals surface area contributed by atoms with Gasteiger partial charge in [0.25, 0.3) is 0 Å². The Balaban J connectivity index is 3.06. The van der Waals surface area contributed by atoms with Crippen LogP contribution in [0.15, 0.2) is 0 Å². The van der Waals surface area contributed by atoms with E-state index in [1.165, 1.54) is 0 Å². The van der Waals surface area contributed by atoms with Gasteiger partial charge in [-0.25, -0.2) is 0 Å². The van der Waals surface area contributed by atoms with Crippen molar-refractivity contribution in [2.75, 3.05) is 6.54 Å². The Hall–Kier alpha value is -0.530. The van der Waals surface area contributed by atoms with Gasteiger partial charge in [0.05, 0.1) is 0 Å². The van der Waals surface area contributed by atoms with E-state index in [1.807, 2.05) is 0 Å². The van der Waals surface area contributed by atoms with Crippen LogP contribution in [0, 0.1) is 6.92 Å². The van der Waals surface area contributed by atoms with E-state index >= 15 is 0 Å². The van der Waals surface area contributed by atoms with Crippen LogP contribution in [-0.2, 0) is 4.79 Å². The first-order chi connectivity index (χ1) is 4.31. The van der Waals surface area contributed by atoms with Crippen molar-refractivity contribution in [3.63, 3.8) is 0 Å². The maximum Gasteiger partial charge on any atom is 0.219 e. The average Bonchev–Trinajstić information content (AvgIpc) is 1.85. The molecule has 0 aliphatic heterocycles. The molecule has 9 heavy (non-hydrogen) atoms. The number of carbonyl (C=O) groups is 1. The molecule has 0 atom stereocenters. The first-order valence-electron chi connectivity index (χ1n) is 3.37. The fourth-order valence-corrected chi connectivity index (χ4v) is 0.565. The van der Waals surface area contributed by atoms with Crippen molar-refractivity contribution in [3.8, 4) is 0 Å². The van der Waals surface area contributed by atoms with Crippen LogP contribution in [0.3, 0.4) is 0 Å². The topological polar surface area (TPSA) is 29.1 Å². The molecule has 0 aromatic carbocycles. The van der Waals surface area contributed by atoms with Gasteiger partial charge in [0.15, 0.2) is 0 Å². The summed E-state index contributed by atoms with van der Waals surface area (Å²) in [5.41, 5.74) is 0. The highest BCUT2D eigenvalue weighted by molar-refractivity contribution is 5.75. The molecule has 0 unspecified atom stereocenters. The number of hydrogen-bond acceptors (Lipinski definition) is 1. The van der Waals surface area contributed by atoms with Gasteiger partial charge in [-0.2, -0.15) is 0 Å². The lowest BCUT2D eigenvalue weighted by molar-refractivity contribution is -0.120. The van der Waals surface area contributed by atoms with Gasteiger partial charge in [-0.1, -0.05) is 13.3 Å². The van der Waals surface area contributed by atoms with Crippen molar-refractivity contribution in [2.24, 2.45) is 0 Å². The van der Waals surface area contributed by atoms with Crippen LogP contribution in [0.5, 0.6) is 0 Å². The second-order valence-corrected chi connectivity index (χ2v) is 1.95. The molecule has 0 heterocycles. The molecule has 53 valence electrons. The summed E-state index contributed by atoms with van der Waals surface area (Å²) in [6.07, 6.45) is 2.70. The molecule has 0 saturated carbocycles. The minimum Gasteiger partial charge on any atom is -0.356 e. The first kappa shape index (κ1) is 8.47. The maximum absolute atomic E-state index is 10.7. The van der Waals surface area contributed by atoms with E-state index in [4.69, 9.17) is 0 Å². The minimum absolute atomic E-state index is 0.117. The third kappa shape index (κ3) is 5.34. The fourth-order valence-electron chi connectivity index (χ4n) is 0.565. The monoisotopic (exact) mass is 128 g/mol. The van der Waals surface area contributed by atoms with Crippen LogP contribution >= 0.6 is 0 Å². The van der Waals surface area contributed by atoms with Crippen molar-refractivity contribution in [2.45, 2.75) is 26.2 Å². The highest BCUT2D eigenvalue weighted by Crippen LogP contribution is 1.91. The van der Waals surface area contributed by atoms with Gasteiger partial charge in [0.2, 0.25) is 5.91 Å². The molecule has 0 bridgehead atoms. The molecular formula is C7H14NO. The van der Waals surface area contributed by atoms with E-state index < -0.39 is 0 Å². The first-order valence-corrected chi connectivity index (χ1v) is 3.37. The molecule has 0 saturated heterocycles. The number of carbonyl (C=O) groups excluding carboxylic acids is 1.